The molecule has 0 spiro atoms. The standard InChI is InChI=1S/C12H15NO2/c1-8-6-11(8)12(15)13(2)9-4-3-5-10(14)7-9/h3-5,7-8,11,14H,6H2,1-2H3. The maximum absolute atomic E-state index is 11.9. The summed E-state index contributed by atoms with van der Waals surface area (Å²) in [6.07, 6.45) is 0.988. The van der Waals surface area contributed by atoms with Crippen LogP contribution in [0, 0.1) is 11.8 Å². The lowest BCUT2D eigenvalue weighted by atomic mass is 10.2. The van der Waals surface area contributed by atoms with Gasteiger partial charge < -0.3 is 10.0 Å². The minimum atomic E-state index is 0.146. The monoisotopic (exact) mass is 205 g/mol. The van der Waals surface area contributed by atoms with Crippen LogP contribution in [0.25, 0.3) is 0 Å². The third-order valence-corrected chi connectivity index (χ3v) is 2.97. The molecule has 1 amide bonds. The summed E-state index contributed by atoms with van der Waals surface area (Å²) < 4.78 is 0. The Labute approximate surface area is 89.3 Å². The minimum Gasteiger partial charge on any atom is -0.508 e. The molecule has 0 aliphatic heterocycles. The zero-order chi connectivity index (χ0) is 11.0. The van der Waals surface area contributed by atoms with Gasteiger partial charge in [-0.1, -0.05) is 13.0 Å². The molecule has 1 aromatic rings. The summed E-state index contributed by atoms with van der Waals surface area (Å²) in [6, 6.07) is 6.77. The van der Waals surface area contributed by atoms with Gasteiger partial charge in [-0.2, -0.15) is 0 Å². The zero-order valence-corrected chi connectivity index (χ0v) is 8.97. The average Bonchev–Trinajstić information content (AvgIpc) is 2.93. The Morgan fingerprint density at radius 2 is 2.20 bits per heavy atom. The maximum Gasteiger partial charge on any atom is 0.230 e. The Morgan fingerprint density at radius 1 is 1.53 bits per heavy atom. The van der Waals surface area contributed by atoms with E-state index in [2.05, 4.69) is 6.92 Å². The van der Waals surface area contributed by atoms with E-state index in [4.69, 9.17) is 0 Å². The summed E-state index contributed by atoms with van der Waals surface area (Å²) in [5, 5.41) is 9.31. The highest BCUT2D eigenvalue weighted by molar-refractivity contribution is 5.96. The lowest BCUT2D eigenvalue weighted by molar-refractivity contribution is -0.119. The highest BCUT2D eigenvalue weighted by Gasteiger charge is 2.40. The number of phenols is 1. The highest BCUT2D eigenvalue weighted by atomic mass is 16.3. The summed E-state index contributed by atoms with van der Waals surface area (Å²) in [5.41, 5.74) is 0.749. The molecule has 80 valence electrons. The second-order valence-electron chi connectivity index (χ2n) is 4.24. The fourth-order valence-electron chi connectivity index (χ4n) is 1.74. The lowest BCUT2D eigenvalue weighted by Gasteiger charge is -2.17. The summed E-state index contributed by atoms with van der Waals surface area (Å²) >= 11 is 0. The van der Waals surface area contributed by atoms with E-state index in [0.717, 1.165) is 12.1 Å². The van der Waals surface area contributed by atoms with Gasteiger partial charge in [-0.05, 0) is 24.5 Å². The van der Waals surface area contributed by atoms with Crippen LogP contribution in [-0.4, -0.2) is 18.1 Å². The molecule has 1 aromatic carbocycles. The molecule has 1 aliphatic rings. The maximum atomic E-state index is 11.9. The molecule has 1 aliphatic carbocycles. The smallest absolute Gasteiger partial charge is 0.230 e. The molecule has 0 heterocycles. The first-order valence-electron chi connectivity index (χ1n) is 5.16. The Kier molecular flexibility index (Phi) is 2.39. The molecule has 1 saturated carbocycles. The van der Waals surface area contributed by atoms with E-state index in [9.17, 15) is 9.90 Å². The number of anilines is 1. The minimum absolute atomic E-state index is 0.146. The fourth-order valence-corrected chi connectivity index (χ4v) is 1.74. The largest absolute Gasteiger partial charge is 0.508 e. The Bertz CT molecular complexity index is 389. The van der Waals surface area contributed by atoms with E-state index < -0.39 is 0 Å². The SMILES string of the molecule is CC1CC1C(=O)N(C)c1cccc(O)c1. The molecule has 2 rings (SSSR count). The van der Waals surface area contributed by atoms with E-state index in [-0.39, 0.29) is 17.6 Å². The van der Waals surface area contributed by atoms with Crippen LogP contribution in [0.2, 0.25) is 0 Å². The van der Waals surface area contributed by atoms with Crippen molar-refractivity contribution in [3.05, 3.63) is 24.3 Å². The molecule has 3 heteroatoms. The molecule has 0 saturated heterocycles. The van der Waals surface area contributed by atoms with Crippen LogP contribution in [0.15, 0.2) is 24.3 Å². The molecule has 0 radical (unpaired) electrons. The third kappa shape index (κ3) is 1.96. The fraction of sp³-hybridized carbons (Fsp3) is 0.417. The molecular weight excluding hydrogens is 190 g/mol. The van der Waals surface area contributed by atoms with Gasteiger partial charge in [0.2, 0.25) is 5.91 Å². The van der Waals surface area contributed by atoms with Gasteiger partial charge in [-0.25, -0.2) is 0 Å². The van der Waals surface area contributed by atoms with Gasteiger partial charge in [-0.15, -0.1) is 0 Å². The van der Waals surface area contributed by atoms with Gasteiger partial charge in [0.15, 0.2) is 0 Å². The molecule has 1 N–H and O–H groups in total. The van der Waals surface area contributed by atoms with Crippen LogP contribution in [0.1, 0.15) is 13.3 Å². The zero-order valence-electron chi connectivity index (χ0n) is 8.97. The lowest BCUT2D eigenvalue weighted by Crippen LogP contribution is -2.28. The molecular formula is C12H15NO2. The van der Waals surface area contributed by atoms with E-state index in [1.54, 1.807) is 30.1 Å². The molecule has 0 bridgehead atoms. The van der Waals surface area contributed by atoms with Gasteiger partial charge >= 0.3 is 0 Å². The van der Waals surface area contributed by atoms with Crippen LogP contribution in [0.4, 0.5) is 5.69 Å². The van der Waals surface area contributed by atoms with Gasteiger partial charge in [0.1, 0.15) is 5.75 Å². The second kappa shape index (κ2) is 3.57. The third-order valence-electron chi connectivity index (χ3n) is 2.97. The topological polar surface area (TPSA) is 40.5 Å². The molecule has 0 aromatic heterocycles. The van der Waals surface area contributed by atoms with Crippen molar-refractivity contribution in [2.24, 2.45) is 11.8 Å². The number of phenolic OH excluding ortho intramolecular Hbond substituents is 1. The second-order valence-corrected chi connectivity index (χ2v) is 4.24. The van der Waals surface area contributed by atoms with E-state index >= 15 is 0 Å². The molecule has 3 nitrogen and oxygen atoms in total. The van der Waals surface area contributed by atoms with Crippen molar-refractivity contribution in [3.63, 3.8) is 0 Å². The van der Waals surface area contributed by atoms with Crippen LogP contribution in [-0.2, 0) is 4.79 Å². The first-order valence-corrected chi connectivity index (χ1v) is 5.16. The van der Waals surface area contributed by atoms with Gasteiger partial charge in [0.05, 0.1) is 0 Å². The number of amides is 1. The van der Waals surface area contributed by atoms with Crippen LogP contribution in [0.3, 0.4) is 0 Å². The van der Waals surface area contributed by atoms with Crippen LogP contribution < -0.4 is 4.90 Å². The van der Waals surface area contributed by atoms with E-state index in [1.807, 2.05) is 6.07 Å². The Morgan fingerprint density at radius 3 is 2.73 bits per heavy atom. The molecule has 2 atom stereocenters. The average molecular weight is 205 g/mol. The predicted octanol–water partition coefficient (Wildman–Crippen LogP) is 2.01. The number of carbonyl (C=O) groups excluding carboxylic acids is 1. The molecule has 15 heavy (non-hydrogen) atoms. The quantitative estimate of drug-likeness (QED) is 0.802. The van der Waals surface area contributed by atoms with E-state index in [0.29, 0.717) is 5.92 Å². The van der Waals surface area contributed by atoms with Gasteiger partial charge in [-0.3, -0.25) is 4.79 Å². The van der Waals surface area contributed by atoms with Gasteiger partial charge in [0, 0.05) is 24.7 Å². The highest BCUT2D eigenvalue weighted by Crippen LogP contribution is 2.39. The van der Waals surface area contributed by atoms with Crippen molar-refractivity contribution in [1.29, 1.82) is 0 Å². The molecule has 1 fully saturated rings. The number of benzene rings is 1. The summed E-state index contributed by atoms with van der Waals surface area (Å²) in [5.74, 6) is 1.03. The summed E-state index contributed by atoms with van der Waals surface area (Å²) in [7, 11) is 1.75. The van der Waals surface area contributed by atoms with Crippen molar-refractivity contribution in [1.82, 2.24) is 0 Å². The number of nitrogens with zero attached hydrogens (tertiary/aromatic N) is 1. The van der Waals surface area contributed by atoms with Crippen LogP contribution in [0.5, 0.6) is 5.75 Å². The summed E-state index contributed by atoms with van der Waals surface area (Å²) in [6.45, 7) is 2.08. The van der Waals surface area contributed by atoms with E-state index in [1.165, 1.54) is 0 Å². The Balaban J connectivity index is 2.13. The van der Waals surface area contributed by atoms with Crippen molar-refractivity contribution in [2.45, 2.75) is 13.3 Å². The summed E-state index contributed by atoms with van der Waals surface area (Å²) in [4.78, 5) is 13.5. The van der Waals surface area contributed by atoms with Gasteiger partial charge in [0.25, 0.3) is 0 Å². The van der Waals surface area contributed by atoms with Crippen molar-refractivity contribution < 1.29 is 9.90 Å². The normalized spacial score (nSPS) is 23.6. The first kappa shape index (κ1) is 10.0. The number of rotatable bonds is 2. The Hall–Kier alpha value is -1.51. The van der Waals surface area contributed by atoms with Crippen molar-refractivity contribution in [3.8, 4) is 5.75 Å². The van der Waals surface area contributed by atoms with Crippen LogP contribution >= 0.6 is 0 Å². The first-order chi connectivity index (χ1) is 7.09. The number of aromatic hydroxyl groups is 1. The van der Waals surface area contributed by atoms with Crippen molar-refractivity contribution >= 4 is 11.6 Å². The number of carbonyl (C=O) groups is 1. The predicted molar refractivity (Wildman–Crippen MR) is 58.8 cm³/mol. The number of hydrogen-bond acceptors (Lipinski definition) is 2. The number of hydrogen-bond donors (Lipinski definition) is 1. The van der Waals surface area contributed by atoms with Crippen molar-refractivity contribution in [2.75, 3.05) is 11.9 Å². The molecule has 2 unspecified atom stereocenters.